The molecule has 0 spiro atoms. The molecule has 9 heteroatoms. The summed E-state index contributed by atoms with van der Waals surface area (Å²) in [4.78, 5) is 24.0. The van der Waals surface area contributed by atoms with Gasteiger partial charge in [0, 0.05) is 37.0 Å². The van der Waals surface area contributed by atoms with Crippen molar-refractivity contribution < 1.29 is 13.2 Å². The zero-order valence-corrected chi connectivity index (χ0v) is 15.7. The Kier molecular flexibility index (Phi) is 4.63. The molecule has 4 rings (SSSR count). The number of aryl methyl sites for hydroxylation is 1. The van der Waals surface area contributed by atoms with Gasteiger partial charge in [-0.2, -0.15) is 13.2 Å². The second-order valence-corrected chi connectivity index (χ2v) is 7.29. The Morgan fingerprint density at radius 1 is 1.25 bits per heavy atom. The molecule has 1 aromatic carbocycles. The zero-order chi connectivity index (χ0) is 20.1. The number of aromatic amines is 1. The predicted octanol–water partition coefficient (Wildman–Crippen LogP) is 3.86. The third-order valence-corrected chi connectivity index (χ3v) is 5.14. The standard InChI is InChI=1S/C19H16ClF3N4O/c1-10-2-3-11-7-12(16(20)24-15(11)6-10)8-27-5-4-14-13(9-27)17(28)26-18(25-14)19(21,22)23/h2-3,6-7H,4-5,8-9H2,1H3,(H,25,26,28). The molecule has 0 saturated carbocycles. The highest BCUT2D eigenvalue weighted by Gasteiger charge is 2.36. The first-order chi connectivity index (χ1) is 13.2. The molecule has 0 bridgehead atoms. The largest absolute Gasteiger partial charge is 0.449 e. The second-order valence-electron chi connectivity index (χ2n) is 6.93. The minimum absolute atomic E-state index is 0.200. The third kappa shape index (κ3) is 3.62. The van der Waals surface area contributed by atoms with E-state index in [0.717, 1.165) is 22.0 Å². The number of fused-ring (bicyclic) bond motifs is 2. The molecule has 0 radical (unpaired) electrons. The predicted molar refractivity (Wildman–Crippen MR) is 99.2 cm³/mol. The van der Waals surface area contributed by atoms with Crippen LogP contribution in [0, 0.1) is 6.92 Å². The smallest absolute Gasteiger partial charge is 0.303 e. The van der Waals surface area contributed by atoms with E-state index < -0.39 is 17.6 Å². The molecular weight excluding hydrogens is 393 g/mol. The number of hydrogen-bond acceptors (Lipinski definition) is 4. The van der Waals surface area contributed by atoms with Crippen molar-refractivity contribution in [2.24, 2.45) is 0 Å². The maximum atomic E-state index is 12.8. The molecule has 3 heterocycles. The van der Waals surface area contributed by atoms with Gasteiger partial charge in [-0.05, 0) is 24.6 Å². The van der Waals surface area contributed by atoms with Crippen LogP contribution < -0.4 is 5.56 Å². The first kappa shape index (κ1) is 18.9. The zero-order valence-electron chi connectivity index (χ0n) is 14.9. The highest BCUT2D eigenvalue weighted by atomic mass is 35.5. The van der Waals surface area contributed by atoms with Gasteiger partial charge in [0.05, 0.1) is 16.8 Å². The first-order valence-corrected chi connectivity index (χ1v) is 9.06. The number of H-pyrrole nitrogens is 1. The van der Waals surface area contributed by atoms with Crippen molar-refractivity contribution in [3.63, 3.8) is 0 Å². The summed E-state index contributed by atoms with van der Waals surface area (Å²) in [5.41, 5.74) is 2.41. The number of hydrogen-bond donors (Lipinski definition) is 1. The number of nitrogens with zero attached hydrogens (tertiary/aromatic N) is 3. The average Bonchev–Trinajstić information content (AvgIpc) is 2.62. The molecule has 1 aliphatic heterocycles. The minimum atomic E-state index is -4.67. The van der Waals surface area contributed by atoms with Crippen molar-refractivity contribution >= 4 is 22.5 Å². The fourth-order valence-corrected chi connectivity index (χ4v) is 3.60. The monoisotopic (exact) mass is 408 g/mol. The van der Waals surface area contributed by atoms with Crippen molar-refractivity contribution in [2.45, 2.75) is 32.6 Å². The summed E-state index contributed by atoms with van der Waals surface area (Å²) >= 11 is 6.33. The van der Waals surface area contributed by atoms with E-state index in [1.165, 1.54) is 0 Å². The van der Waals surface area contributed by atoms with Gasteiger partial charge in [0.25, 0.3) is 5.56 Å². The van der Waals surface area contributed by atoms with Gasteiger partial charge in [-0.25, -0.2) is 9.97 Å². The number of halogens is 4. The summed E-state index contributed by atoms with van der Waals surface area (Å²) in [6.07, 6.45) is -4.41. The second kappa shape index (κ2) is 6.86. The van der Waals surface area contributed by atoms with Crippen molar-refractivity contribution in [3.8, 4) is 0 Å². The van der Waals surface area contributed by atoms with E-state index in [4.69, 9.17) is 11.6 Å². The molecule has 0 fully saturated rings. The molecule has 0 amide bonds. The number of alkyl halides is 3. The average molecular weight is 409 g/mol. The molecule has 0 unspecified atom stereocenters. The lowest BCUT2D eigenvalue weighted by Crippen LogP contribution is -2.36. The normalized spacial score (nSPS) is 15.0. The Balaban J connectivity index is 1.60. The van der Waals surface area contributed by atoms with Crippen LogP contribution in [0.2, 0.25) is 5.15 Å². The lowest BCUT2D eigenvalue weighted by Gasteiger charge is -2.28. The van der Waals surface area contributed by atoms with Gasteiger partial charge in [-0.3, -0.25) is 9.69 Å². The van der Waals surface area contributed by atoms with Crippen LogP contribution in [0.3, 0.4) is 0 Å². The van der Waals surface area contributed by atoms with Crippen LogP contribution in [-0.4, -0.2) is 26.4 Å². The van der Waals surface area contributed by atoms with Gasteiger partial charge in [-0.1, -0.05) is 23.7 Å². The van der Waals surface area contributed by atoms with Gasteiger partial charge in [0.2, 0.25) is 5.82 Å². The summed E-state index contributed by atoms with van der Waals surface area (Å²) in [6.45, 7) is 3.10. The molecule has 0 atom stereocenters. The Labute approximate surface area is 163 Å². The summed E-state index contributed by atoms with van der Waals surface area (Å²) in [7, 11) is 0. The van der Waals surface area contributed by atoms with Crippen LogP contribution >= 0.6 is 11.6 Å². The van der Waals surface area contributed by atoms with Gasteiger partial charge in [-0.15, -0.1) is 0 Å². The molecule has 5 nitrogen and oxygen atoms in total. The molecular formula is C19H16ClF3N4O. The summed E-state index contributed by atoms with van der Waals surface area (Å²) in [6, 6.07) is 7.86. The van der Waals surface area contributed by atoms with Crippen molar-refractivity contribution in [1.82, 2.24) is 19.9 Å². The van der Waals surface area contributed by atoms with Crippen molar-refractivity contribution in [2.75, 3.05) is 6.54 Å². The highest BCUT2D eigenvalue weighted by molar-refractivity contribution is 6.30. The lowest BCUT2D eigenvalue weighted by molar-refractivity contribution is -0.145. The van der Waals surface area contributed by atoms with Crippen LogP contribution in [-0.2, 0) is 25.7 Å². The topological polar surface area (TPSA) is 61.9 Å². The van der Waals surface area contributed by atoms with Crippen LogP contribution in [0.4, 0.5) is 13.2 Å². The lowest BCUT2D eigenvalue weighted by atomic mass is 10.1. The van der Waals surface area contributed by atoms with Gasteiger partial charge < -0.3 is 4.98 Å². The fraction of sp³-hybridized carbons (Fsp3) is 0.316. The van der Waals surface area contributed by atoms with Crippen molar-refractivity contribution in [3.05, 3.63) is 68.0 Å². The Hall–Kier alpha value is -2.45. The Morgan fingerprint density at radius 2 is 2.04 bits per heavy atom. The van der Waals surface area contributed by atoms with E-state index in [-0.39, 0.29) is 24.2 Å². The summed E-state index contributed by atoms with van der Waals surface area (Å²) < 4.78 is 38.5. The molecule has 28 heavy (non-hydrogen) atoms. The third-order valence-electron chi connectivity index (χ3n) is 4.81. The summed E-state index contributed by atoms with van der Waals surface area (Å²) in [5, 5.41) is 1.33. The molecule has 1 aliphatic rings. The number of rotatable bonds is 2. The minimum Gasteiger partial charge on any atom is -0.303 e. The van der Waals surface area contributed by atoms with E-state index in [1.54, 1.807) is 0 Å². The number of nitrogens with one attached hydrogen (secondary N) is 1. The van der Waals surface area contributed by atoms with Gasteiger partial charge in [0.1, 0.15) is 5.15 Å². The summed E-state index contributed by atoms with van der Waals surface area (Å²) in [5.74, 6) is -1.25. The van der Waals surface area contributed by atoms with E-state index in [9.17, 15) is 18.0 Å². The molecule has 146 valence electrons. The number of pyridine rings is 1. The Bertz CT molecular complexity index is 1130. The van der Waals surface area contributed by atoms with Crippen molar-refractivity contribution in [1.29, 1.82) is 0 Å². The maximum absolute atomic E-state index is 12.8. The molecule has 0 aliphatic carbocycles. The first-order valence-electron chi connectivity index (χ1n) is 8.68. The molecule has 2 aromatic heterocycles. The van der Waals surface area contributed by atoms with E-state index in [0.29, 0.717) is 18.2 Å². The molecule has 0 saturated heterocycles. The number of aromatic nitrogens is 3. The van der Waals surface area contributed by atoms with Crippen LogP contribution in [0.25, 0.3) is 10.9 Å². The van der Waals surface area contributed by atoms with Crippen LogP contribution in [0.5, 0.6) is 0 Å². The maximum Gasteiger partial charge on any atom is 0.449 e. The Morgan fingerprint density at radius 3 is 2.79 bits per heavy atom. The van der Waals surface area contributed by atoms with E-state index in [2.05, 4.69) is 9.97 Å². The van der Waals surface area contributed by atoms with Crippen LogP contribution in [0.15, 0.2) is 29.1 Å². The molecule has 1 N–H and O–H groups in total. The van der Waals surface area contributed by atoms with E-state index >= 15 is 0 Å². The van der Waals surface area contributed by atoms with Crippen LogP contribution in [0.1, 0.15) is 28.2 Å². The van der Waals surface area contributed by atoms with E-state index in [1.807, 2.05) is 41.1 Å². The van der Waals surface area contributed by atoms with Gasteiger partial charge >= 0.3 is 6.18 Å². The molecule has 3 aromatic rings. The SMILES string of the molecule is Cc1ccc2cc(CN3CCc4nc(C(F)(F)F)[nH]c(=O)c4C3)c(Cl)nc2c1. The quantitative estimate of drug-likeness (QED) is 0.654. The number of benzene rings is 1. The van der Waals surface area contributed by atoms with Gasteiger partial charge in [0.15, 0.2) is 0 Å². The fourth-order valence-electron chi connectivity index (χ4n) is 3.40. The highest BCUT2D eigenvalue weighted by Crippen LogP contribution is 2.28.